The molecule has 1 heterocycles. The minimum absolute atomic E-state index is 0.0132. The lowest BCUT2D eigenvalue weighted by molar-refractivity contribution is -0.154. The van der Waals surface area contributed by atoms with E-state index in [4.69, 9.17) is 9.47 Å². The smallest absolute Gasteiger partial charge is 0.313 e. The van der Waals surface area contributed by atoms with Crippen LogP contribution in [0.25, 0.3) is 0 Å². The highest BCUT2D eigenvalue weighted by Crippen LogP contribution is 2.13. The summed E-state index contributed by atoms with van der Waals surface area (Å²) >= 11 is 0. The van der Waals surface area contributed by atoms with E-state index < -0.39 is 0 Å². The first-order valence-electron chi connectivity index (χ1n) is 6.30. The highest BCUT2D eigenvalue weighted by Gasteiger charge is 2.12. The molecule has 0 radical (unpaired) electrons. The number of allylic oxidation sites excluding steroid dienone is 1. The molecule has 0 aromatic carbocycles. The average Bonchev–Trinajstić information content (AvgIpc) is 2.32. The zero-order valence-electron chi connectivity index (χ0n) is 10.4. The molecule has 1 saturated heterocycles. The molecule has 4 nitrogen and oxygen atoms in total. The molecular weight excluding hydrogens is 220 g/mol. The molecule has 0 atom stereocenters. The second kappa shape index (κ2) is 7.87. The first-order chi connectivity index (χ1) is 8.22. The van der Waals surface area contributed by atoms with Gasteiger partial charge in [0.05, 0.1) is 0 Å². The normalized spacial score (nSPS) is 20.4. The van der Waals surface area contributed by atoms with E-state index in [0.29, 0.717) is 12.8 Å². The van der Waals surface area contributed by atoms with Crippen molar-refractivity contribution in [1.29, 1.82) is 0 Å². The fraction of sp³-hybridized carbons (Fsp3) is 0.692. The van der Waals surface area contributed by atoms with Gasteiger partial charge in [-0.05, 0) is 25.8 Å². The zero-order valence-corrected chi connectivity index (χ0v) is 10.4. The predicted octanol–water partition coefficient (Wildman–Crippen LogP) is 3.07. The lowest BCUT2D eigenvalue weighted by Gasteiger charge is -2.07. The Morgan fingerprint density at radius 2 is 1.24 bits per heavy atom. The fourth-order valence-electron chi connectivity index (χ4n) is 1.71. The summed E-state index contributed by atoms with van der Waals surface area (Å²) in [5.41, 5.74) is 0. The number of hydrogen-bond donors (Lipinski definition) is 0. The summed E-state index contributed by atoms with van der Waals surface area (Å²) in [6.45, 7) is 1.67. The van der Waals surface area contributed by atoms with E-state index in [9.17, 15) is 9.59 Å². The Morgan fingerprint density at radius 1 is 0.824 bits per heavy atom. The number of rotatable bonds is 0. The van der Waals surface area contributed by atoms with Crippen LogP contribution in [0.4, 0.5) is 0 Å². The molecule has 1 aliphatic rings. The summed E-state index contributed by atoms with van der Waals surface area (Å²) in [7, 11) is 0. The van der Waals surface area contributed by atoms with Crippen molar-refractivity contribution in [3.05, 3.63) is 12.0 Å². The van der Waals surface area contributed by atoms with Gasteiger partial charge in [-0.25, -0.2) is 0 Å². The van der Waals surface area contributed by atoms with Crippen LogP contribution in [0.1, 0.15) is 58.3 Å². The monoisotopic (exact) mass is 240 g/mol. The van der Waals surface area contributed by atoms with E-state index in [-0.39, 0.29) is 17.9 Å². The van der Waals surface area contributed by atoms with Crippen molar-refractivity contribution in [2.75, 3.05) is 0 Å². The van der Waals surface area contributed by atoms with Gasteiger partial charge in [-0.1, -0.05) is 25.7 Å². The second-order valence-corrected chi connectivity index (χ2v) is 4.18. The third-order valence-corrected chi connectivity index (χ3v) is 2.68. The Morgan fingerprint density at radius 3 is 1.65 bits per heavy atom. The summed E-state index contributed by atoms with van der Waals surface area (Å²) in [5, 5.41) is 0. The third-order valence-electron chi connectivity index (χ3n) is 2.68. The molecule has 0 spiro atoms. The maximum atomic E-state index is 11.4. The Hall–Kier alpha value is -1.32. The molecule has 1 fully saturated rings. The second-order valence-electron chi connectivity index (χ2n) is 4.18. The largest absolute Gasteiger partial charge is 0.393 e. The molecular formula is C13H20O4. The molecule has 17 heavy (non-hydrogen) atoms. The van der Waals surface area contributed by atoms with Crippen LogP contribution in [0.15, 0.2) is 12.0 Å². The minimum atomic E-state index is -0.329. The van der Waals surface area contributed by atoms with Crippen molar-refractivity contribution in [3.8, 4) is 0 Å². The van der Waals surface area contributed by atoms with Gasteiger partial charge in [0.2, 0.25) is 0 Å². The van der Waals surface area contributed by atoms with Crippen LogP contribution in [-0.2, 0) is 19.1 Å². The van der Waals surface area contributed by atoms with Crippen molar-refractivity contribution in [1.82, 2.24) is 0 Å². The molecule has 0 bridgehead atoms. The molecule has 0 aromatic heterocycles. The standard InChI is InChI=1S/C13H20O4/c1-2-13-16-11(14)9-7-5-3-4-6-8-10-12(15)17-13/h2H,3-10H2,1H3. The topological polar surface area (TPSA) is 52.6 Å². The highest BCUT2D eigenvalue weighted by atomic mass is 16.7. The van der Waals surface area contributed by atoms with E-state index in [1.807, 2.05) is 0 Å². The number of ether oxygens (including phenoxy) is 2. The van der Waals surface area contributed by atoms with Gasteiger partial charge in [-0.15, -0.1) is 0 Å². The van der Waals surface area contributed by atoms with Crippen molar-refractivity contribution in [2.45, 2.75) is 58.3 Å². The maximum Gasteiger partial charge on any atom is 0.313 e. The molecule has 1 aliphatic heterocycles. The Labute approximate surface area is 102 Å². The van der Waals surface area contributed by atoms with Gasteiger partial charge in [-0.2, -0.15) is 0 Å². The molecule has 0 saturated carbocycles. The number of carbonyl (C=O) groups excluding carboxylic acids is 2. The molecule has 1 rings (SSSR count). The molecule has 0 aliphatic carbocycles. The molecule has 4 heteroatoms. The van der Waals surface area contributed by atoms with E-state index in [1.165, 1.54) is 6.08 Å². The Kier molecular flexibility index (Phi) is 6.37. The molecule has 0 amide bonds. The molecule has 0 unspecified atom stereocenters. The van der Waals surface area contributed by atoms with Crippen molar-refractivity contribution in [2.24, 2.45) is 0 Å². The van der Waals surface area contributed by atoms with Crippen molar-refractivity contribution in [3.63, 3.8) is 0 Å². The van der Waals surface area contributed by atoms with Gasteiger partial charge in [0.15, 0.2) is 0 Å². The highest BCUT2D eigenvalue weighted by molar-refractivity contribution is 5.73. The lowest BCUT2D eigenvalue weighted by atomic mass is 10.1. The van der Waals surface area contributed by atoms with Crippen LogP contribution in [0.2, 0.25) is 0 Å². The van der Waals surface area contributed by atoms with E-state index in [1.54, 1.807) is 6.92 Å². The Balaban J connectivity index is 2.53. The van der Waals surface area contributed by atoms with Crippen LogP contribution in [0, 0.1) is 0 Å². The summed E-state index contributed by atoms with van der Waals surface area (Å²) in [6, 6.07) is 0. The van der Waals surface area contributed by atoms with Crippen LogP contribution in [0.5, 0.6) is 0 Å². The summed E-state index contributed by atoms with van der Waals surface area (Å²) in [4.78, 5) is 22.8. The predicted molar refractivity (Wildman–Crippen MR) is 62.9 cm³/mol. The molecule has 0 aromatic rings. The third kappa shape index (κ3) is 6.09. The van der Waals surface area contributed by atoms with Crippen LogP contribution in [-0.4, -0.2) is 11.9 Å². The number of cyclic esters (lactones) is 2. The minimum Gasteiger partial charge on any atom is -0.393 e. The first-order valence-corrected chi connectivity index (χ1v) is 6.30. The first kappa shape index (κ1) is 13.7. The Bertz CT molecular complexity index is 268. The summed E-state index contributed by atoms with van der Waals surface area (Å²) in [6.07, 6.45) is 8.23. The number of esters is 2. The van der Waals surface area contributed by atoms with Gasteiger partial charge in [0.25, 0.3) is 5.95 Å². The molecule has 96 valence electrons. The van der Waals surface area contributed by atoms with Crippen LogP contribution >= 0.6 is 0 Å². The summed E-state index contributed by atoms with van der Waals surface area (Å²) in [5.74, 6) is -0.644. The van der Waals surface area contributed by atoms with Crippen molar-refractivity contribution < 1.29 is 19.1 Å². The van der Waals surface area contributed by atoms with E-state index >= 15 is 0 Å². The van der Waals surface area contributed by atoms with Gasteiger partial charge in [0.1, 0.15) is 0 Å². The van der Waals surface area contributed by atoms with Gasteiger partial charge >= 0.3 is 11.9 Å². The summed E-state index contributed by atoms with van der Waals surface area (Å²) < 4.78 is 9.93. The van der Waals surface area contributed by atoms with E-state index in [2.05, 4.69) is 0 Å². The van der Waals surface area contributed by atoms with Crippen LogP contribution in [0.3, 0.4) is 0 Å². The van der Waals surface area contributed by atoms with Crippen LogP contribution < -0.4 is 0 Å². The lowest BCUT2D eigenvalue weighted by Crippen LogP contribution is -2.10. The van der Waals surface area contributed by atoms with E-state index in [0.717, 1.165) is 38.5 Å². The quantitative estimate of drug-likeness (QED) is 0.610. The SMILES string of the molecule is CC=C1OC(=O)CCCCCCCCC(=O)O1. The zero-order chi connectivity index (χ0) is 12.5. The fourth-order valence-corrected chi connectivity index (χ4v) is 1.71. The molecule has 0 N–H and O–H groups in total. The van der Waals surface area contributed by atoms with Crippen molar-refractivity contribution >= 4 is 11.9 Å². The van der Waals surface area contributed by atoms with Gasteiger partial charge in [0, 0.05) is 12.8 Å². The van der Waals surface area contributed by atoms with Gasteiger partial charge < -0.3 is 9.47 Å². The number of hydrogen-bond acceptors (Lipinski definition) is 4. The maximum absolute atomic E-state index is 11.4. The average molecular weight is 240 g/mol. The van der Waals surface area contributed by atoms with Gasteiger partial charge in [-0.3, -0.25) is 9.59 Å². The number of carbonyl (C=O) groups is 2.